The molecule has 0 atom stereocenters. The van der Waals surface area contributed by atoms with Crippen molar-refractivity contribution in [2.75, 3.05) is 6.54 Å². The summed E-state index contributed by atoms with van der Waals surface area (Å²) >= 11 is 0. The Morgan fingerprint density at radius 1 is 0.810 bits per heavy atom. The Hall–Kier alpha value is -1.60. The fourth-order valence-corrected chi connectivity index (χ4v) is 2.39. The minimum absolute atomic E-state index is 0.216. The van der Waals surface area contributed by atoms with Gasteiger partial charge in [0.2, 0.25) is 0 Å². The quantitative estimate of drug-likeness (QED) is 0.747. The Morgan fingerprint density at radius 2 is 1.33 bits per heavy atom. The van der Waals surface area contributed by atoms with Crippen LogP contribution in [0.1, 0.15) is 45.2 Å². The zero-order chi connectivity index (χ0) is 15.3. The molecule has 0 amide bonds. The molecule has 0 aliphatic rings. The van der Waals surface area contributed by atoms with Gasteiger partial charge < -0.3 is 5.32 Å². The standard InChI is InChI=1S/C20H27N/c1-5-14-21-15-16-6-8-17(9-7-16)18-10-12-19(13-11-18)20(2,3)4/h6-13,21H,5,14-15H2,1-4H3. The zero-order valence-electron chi connectivity index (χ0n) is 13.7. The van der Waals surface area contributed by atoms with Gasteiger partial charge >= 0.3 is 0 Å². The Bertz CT molecular complexity index is 544. The molecule has 2 rings (SSSR count). The molecule has 0 aromatic heterocycles. The number of benzene rings is 2. The lowest BCUT2D eigenvalue weighted by Gasteiger charge is -2.19. The first-order valence-electron chi connectivity index (χ1n) is 7.91. The third-order valence-corrected chi connectivity index (χ3v) is 3.79. The van der Waals surface area contributed by atoms with Crippen molar-refractivity contribution < 1.29 is 0 Å². The van der Waals surface area contributed by atoms with Crippen molar-refractivity contribution in [3.8, 4) is 11.1 Å². The minimum atomic E-state index is 0.216. The molecule has 0 aliphatic carbocycles. The van der Waals surface area contributed by atoms with Crippen LogP contribution in [-0.2, 0) is 12.0 Å². The van der Waals surface area contributed by atoms with E-state index in [4.69, 9.17) is 0 Å². The van der Waals surface area contributed by atoms with Crippen LogP contribution < -0.4 is 5.32 Å². The van der Waals surface area contributed by atoms with Gasteiger partial charge in [0.05, 0.1) is 0 Å². The third kappa shape index (κ3) is 4.44. The maximum absolute atomic E-state index is 3.43. The van der Waals surface area contributed by atoms with E-state index in [1.54, 1.807) is 0 Å². The molecule has 0 fully saturated rings. The molecule has 0 bridgehead atoms. The van der Waals surface area contributed by atoms with Crippen LogP contribution in [0.15, 0.2) is 48.5 Å². The predicted molar refractivity (Wildman–Crippen MR) is 92.6 cm³/mol. The normalized spacial score (nSPS) is 11.6. The second-order valence-electron chi connectivity index (χ2n) is 6.70. The molecule has 2 aromatic rings. The van der Waals surface area contributed by atoms with Crippen LogP contribution in [0.3, 0.4) is 0 Å². The molecule has 2 aromatic carbocycles. The van der Waals surface area contributed by atoms with Gasteiger partial charge in [-0.05, 0) is 40.6 Å². The van der Waals surface area contributed by atoms with Gasteiger partial charge in [-0.15, -0.1) is 0 Å². The predicted octanol–water partition coefficient (Wildman–Crippen LogP) is 5.15. The van der Waals surface area contributed by atoms with E-state index in [2.05, 4.69) is 81.5 Å². The minimum Gasteiger partial charge on any atom is -0.313 e. The van der Waals surface area contributed by atoms with Crippen LogP contribution in [0, 0.1) is 0 Å². The van der Waals surface area contributed by atoms with Crippen LogP contribution in [0.5, 0.6) is 0 Å². The molecular weight excluding hydrogens is 254 g/mol. The van der Waals surface area contributed by atoms with E-state index in [0.717, 1.165) is 13.1 Å². The van der Waals surface area contributed by atoms with Crippen molar-refractivity contribution in [3.63, 3.8) is 0 Å². The van der Waals surface area contributed by atoms with E-state index in [-0.39, 0.29) is 5.41 Å². The van der Waals surface area contributed by atoms with Crippen molar-refractivity contribution in [2.45, 2.75) is 46.1 Å². The summed E-state index contributed by atoms with van der Waals surface area (Å²) in [7, 11) is 0. The van der Waals surface area contributed by atoms with E-state index < -0.39 is 0 Å². The maximum Gasteiger partial charge on any atom is 0.0205 e. The largest absolute Gasteiger partial charge is 0.313 e. The zero-order valence-corrected chi connectivity index (χ0v) is 13.7. The van der Waals surface area contributed by atoms with E-state index in [0.29, 0.717) is 0 Å². The summed E-state index contributed by atoms with van der Waals surface area (Å²) in [5, 5.41) is 3.43. The smallest absolute Gasteiger partial charge is 0.0205 e. The summed E-state index contributed by atoms with van der Waals surface area (Å²) in [5.41, 5.74) is 5.52. The van der Waals surface area contributed by atoms with E-state index >= 15 is 0 Å². The second-order valence-corrected chi connectivity index (χ2v) is 6.70. The lowest BCUT2D eigenvalue weighted by molar-refractivity contribution is 0.590. The van der Waals surface area contributed by atoms with Crippen LogP contribution in [0.4, 0.5) is 0 Å². The average molecular weight is 281 g/mol. The average Bonchev–Trinajstić information content (AvgIpc) is 2.48. The van der Waals surface area contributed by atoms with Gasteiger partial charge in [0.15, 0.2) is 0 Å². The highest BCUT2D eigenvalue weighted by molar-refractivity contribution is 5.64. The highest BCUT2D eigenvalue weighted by Crippen LogP contribution is 2.26. The summed E-state index contributed by atoms with van der Waals surface area (Å²) in [5.74, 6) is 0. The number of nitrogens with one attached hydrogen (secondary N) is 1. The molecule has 21 heavy (non-hydrogen) atoms. The maximum atomic E-state index is 3.43. The van der Waals surface area contributed by atoms with Crippen molar-refractivity contribution >= 4 is 0 Å². The summed E-state index contributed by atoms with van der Waals surface area (Å²) < 4.78 is 0. The van der Waals surface area contributed by atoms with Crippen molar-refractivity contribution in [2.24, 2.45) is 0 Å². The first-order valence-corrected chi connectivity index (χ1v) is 7.91. The van der Waals surface area contributed by atoms with E-state index in [1.807, 2.05) is 0 Å². The van der Waals surface area contributed by atoms with E-state index in [1.165, 1.54) is 28.7 Å². The summed E-state index contributed by atoms with van der Waals surface area (Å²) in [4.78, 5) is 0. The second kappa shape index (κ2) is 6.91. The summed E-state index contributed by atoms with van der Waals surface area (Å²) in [6.07, 6.45) is 1.18. The van der Waals surface area contributed by atoms with Crippen molar-refractivity contribution in [3.05, 3.63) is 59.7 Å². The molecule has 0 unspecified atom stereocenters. The van der Waals surface area contributed by atoms with Gasteiger partial charge in [0, 0.05) is 6.54 Å². The monoisotopic (exact) mass is 281 g/mol. The first kappa shape index (κ1) is 15.8. The molecule has 0 heterocycles. The van der Waals surface area contributed by atoms with Gasteiger partial charge in [0.1, 0.15) is 0 Å². The van der Waals surface area contributed by atoms with Crippen LogP contribution in [-0.4, -0.2) is 6.54 Å². The number of hydrogen-bond acceptors (Lipinski definition) is 1. The number of rotatable bonds is 5. The summed E-state index contributed by atoms with van der Waals surface area (Å²) in [6.45, 7) is 11.0. The van der Waals surface area contributed by atoms with Crippen LogP contribution in [0.2, 0.25) is 0 Å². The Kier molecular flexibility index (Phi) is 5.19. The van der Waals surface area contributed by atoms with Gasteiger partial charge in [-0.1, -0.05) is 76.2 Å². The Morgan fingerprint density at radius 3 is 1.81 bits per heavy atom. The molecule has 0 saturated heterocycles. The van der Waals surface area contributed by atoms with Crippen molar-refractivity contribution in [1.82, 2.24) is 5.32 Å². The molecule has 0 saturated carbocycles. The van der Waals surface area contributed by atoms with Gasteiger partial charge in [-0.25, -0.2) is 0 Å². The lowest BCUT2D eigenvalue weighted by atomic mass is 9.86. The molecule has 1 N–H and O–H groups in total. The van der Waals surface area contributed by atoms with Gasteiger partial charge in [0.25, 0.3) is 0 Å². The molecule has 1 nitrogen and oxygen atoms in total. The van der Waals surface area contributed by atoms with Crippen LogP contribution >= 0.6 is 0 Å². The molecule has 0 aliphatic heterocycles. The highest BCUT2D eigenvalue weighted by Gasteiger charge is 2.12. The van der Waals surface area contributed by atoms with Crippen LogP contribution in [0.25, 0.3) is 11.1 Å². The number of hydrogen-bond donors (Lipinski definition) is 1. The topological polar surface area (TPSA) is 12.0 Å². The molecule has 0 radical (unpaired) electrons. The molecule has 1 heteroatoms. The Labute approximate surface area is 129 Å². The highest BCUT2D eigenvalue weighted by atomic mass is 14.8. The Balaban J connectivity index is 2.08. The first-order chi connectivity index (χ1) is 10.0. The SMILES string of the molecule is CCCNCc1ccc(-c2ccc(C(C)(C)C)cc2)cc1. The van der Waals surface area contributed by atoms with Crippen molar-refractivity contribution in [1.29, 1.82) is 0 Å². The third-order valence-electron chi connectivity index (χ3n) is 3.79. The molecule has 0 spiro atoms. The van der Waals surface area contributed by atoms with Gasteiger partial charge in [-0.2, -0.15) is 0 Å². The van der Waals surface area contributed by atoms with Gasteiger partial charge in [-0.3, -0.25) is 0 Å². The molecule has 112 valence electrons. The molecular formula is C20H27N. The summed E-state index contributed by atoms with van der Waals surface area (Å²) in [6, 6.07) is 17.8. The lowest BCUT2D eigenvalue weighted by Crippen LogP contribution is -2.13. The fourth-order valence-electron chi connectivity index (χ4n) is 2.39. The van der Waals surface area contributed by atoms with E-state index in [9.17, 15) is 0 Å². The fraction of sp³-hybridized carbons (Fsp3) is 0.400.